The predicted molar refractivity (Wildman–Crippen MR) is 116 cm³/mol. The van der Waals surface area contributed by atoms with E-state index in [1.807, 2.05) is 12.1 Å². The average Bonchev–Trinajstić information content (AvgIpc) is 3.01. The van der Waals surface area contributed by atoms with Gasteiger partial charge in [-0.25, -0.2) is 4.98 Å². The summed E-state index contributed by atoms with van der Waals surface area (Å²) in [5, 5.41) is 3.33. The van der Waals surface area contributed by atoms with E-state index in [0.717, 1.165) is 40.3 Å². The van der Waals surface area contributed by atoms with Crippen molar-refractivity contribution in [2.75, 3.05) is 13.8 Å². The Bertz CT molecular complexity index is 902. The summed E-state index contributed by atoms with van der Waals surface area (Å²) in [6.45, 7) is 10.4. The Morgan fingerprint density at radius 2 is 1.75 bits per heavy atom. The molecule has 0 aliphatic heterocycles. The molecule has 0 aliphatic rings. The number of fused-ring (bicyclic) bond motifs is 1. The molecule has 1 aromatic heterocycles. The molecule has 2 aromatic carbocycles. The molecule has 3 rings (SSSR count). The van der Waals surface area contributed by atoms with Gasteiger partial charge in [-0.05, 0) is 63.1 Å². The standard InChI is InChI=1S/C22H29N3O2.H2O.H2/c1-6-25-20-12-9-17(16-7-10-18(26-5)11-8-16)13-19(20)24-21(25)14-23-15-27-22(2,3)4;;/h7-13,23H,6,14-15H2,1-5H3;1H2;1H. The third-order valence-corrected chi connectivity index (χ3v) is 4.46. The van der Waals surface area contributed by atoms with Crippen LogP contribution in [0.2, 0.25) is 0 Å². The van der Waals surface area contributed by atoms with Crippen LogP contribution in [0.15, 0.2) is 42.5 Å². The smallest absolute Gasteiger partial charge is 0.123 e. The quantitative estimate of drug-likeness (QED) is 0.490. The number of hydrogen-bond acceptors (Lipinski definition) is 4. The Labute approximate surface area is 168 Å². The molecule has 6 nitrogen and oxygen atoms in total. The Morgan fingerprint density at radius 3 is 2.36 bits per heavy atom. The van der Waals surface area contributed by atoms with Crippen LogP contribution < -0.4 is 10.1 Å². The molecule has 0 atom stereocenters. The monoisotopic (exact) mass is 387 g/mol. The third-order valence-electron chi connectivity index (χ3n) is 4.46. The van der Waals surface area contributed by atoms with Crippen molar-refractivity contribution in [3.63, 3.8) is 0 Å². The molecule has 0 unspecified atom stereocenters. The Hall–Kier alpha value is -2.41. The van der Waals surface area contributed by atoms with Crippen molar-refractivity contribution in [2.24, 2.45) is 0 Å². The van der Waals surface area contributed by atoms with Crippen LogP contribution in [0.1, 0.15) is 34.9 Å². The van der Waals surface area contributed by atoms with Crippen LogP contribution in [-0.2, 0) is 17.8 Å². The van der Waals surface area contributed by atoms with Gasteiger partial charge in [0.1, 0.15) is 11.6 Å². The predicted octanol–water partition coefficient (Wildman–Crippen LogP) is 4.02. The number of nitrogens with one attached hydrogen (secondary N) is 1. The molecular formula is C22H33N3O3. The number of aromatic nitrogens is 2. The second kappa shape index (κ2) is 9.19. The van der Waals surface area contributed by atoms with E-state index in [1.165, 1.54) is 0 Å². The topological polar surface area (TPSA) is 79.8 Å². The summed E-state index contributed by atoms with van der Waals surface area (Å²) < 4.78 is 13.2. The first-order valence-electron chi connectivity index (χ1n) is 9.39. The number of methoxy groups -OCH3 is 1. The van der Waals surface area contributed by atoms with Crippen LogP contribution in [0.5, 0.6) is 5.75 Å². The second-order valence-corrected chi connectivity index (χ2v) is 7.53. The first-order chi connectivity index (χ1) is 12.9. The van der Waals surface area contributed by atoms with Gasteiger partial charge in [0.15, 0.2) is 0 Å². The maximum Gasteiger partial charge on any atom is 0.123 e. The number of aryl methyl sites for hydroxylation is 1. The first-order valence-corrected chi connectivity index (χ1v) is 9.39. The third kappa shape index (κ3) is 5.10. The van der Waals surface area contributed by atoms with Crippen LogP contribution in [0.4, 0.5) is 0 Å². The lowest BCUT2D eigenvalue weighted by Crippen LogP contribution is -2.28. The fraction of sp³-hybridized carbons (Fsp3) is 0.409. The van der Waals surface area contributed by atoms with Gasteiger partial charge in [0.2, 0.25) is 0 Å². The maximum atomic E-state index is 5.74. The summed E-state index contributed by atoms with van der Waals surface area (Å²) in [5.41, 5.74) is 4.33. The molecular weight excluding hydrogens is 354 g/mol. The molecule has 0 aliphatic carbocycles. The Morgan fingerprint density at radius 1 is 1.07 bits per heavy atom. The van der Waals surface area contributed by atoms with Gasteiger partial charge in [-0.1, -0.05) is 18.2 Å². The van der Waals surface area contributed by atoms with Crippen molar-refractivity contribution >= 4 is 11.0 Å². The van der Waals surface area contributed by atoms with E-state index in [4.69, 9.17) is 14.5 Å². The van der Waals surface area contributed by atoms with Crippen molar-refractivity contribution < 1.29 is 16.4 Å². The van der Waals surface area contributed by atoms with E-state index >= 15 is 0 Å². The van der Waals surface area contributed by atoms with Gasteiger partial charge in [-0.15, -0.1) is 0 Å². The van der Waals surface area contributed by atoms with E-state index in [0.29, 0.717) is 13.3 Å². The van der Waals surface area contributed by atoms with Crippen molar-refractivity contribution in [2.45, 2.75) is 46.4 Å². The van der Waals surface area contributed by atoms with Crippen LogP contribution in [0.25, 0.3) is 22.2 Å². The van der Waals surface area contributed by atoms with Gasteiger partial charge in [-0.3, -0.25) is 5.32 Å². The summed E-state index contributed by atoms with van der Waals surface area (Å²) in [4.78, 5) is 4.86. The highest BCUT2D eigenvalue weighted by atomic mass is 16.5. The number of hydrogen-bond donors (Lipinski definition) is 1. The van der Waals surface area contributed by atoms with Crippen molar-refractivity contribution in [3.05, 3.63) is 48.3 Å². The lowest BCUT2D eigenvalue weighted by atomic mass is 10.1. The van der Waals surface area contributed by atoms with E-state index in [1.54, 1.807) is 7.11 Å². The van der Waals surface area contributed by atoms with Gasteiger partial charge in [0.25, 0.3) is 0 Å². The van der Waals surface area contributed by atoms with E-state index in [9.17, 15) is 0 Å². The molecule has 0 spiro atoms. The fourth-order valence-electron chi connectivity index (χ4n) is 3.06. The Balaban J connectivity index is 0.00000210. The number of nitrogens with zero attached hydrogens (tertiary/aromatic N) is 2. The summed E-state index contributed by atoms with van der Waals surface area (Å²) in [7, 11) is 1.68. The molecule has 3 aromatic rings. The maximum absolute atomic E-state index is 5.74. The minimum atomic E-state index is -0.148. The molecule has 6 heteroatoms. The SMILES string of the molecule is CCn1c(CNCOC(C)(C)C)nc2cc(-c3ccc(OC)cc3)ccc21.O.[HH]. The van der Waals surface area contributed by atoms with Gasteiger partial charge in [-0.2, -0.15) is 0 Å². The van der Waals surface area contributed by atoms with Gasteiger partial charge < -0.3 is 19.5 Å². The largest absolute Gasteiger partial charge is 0.497 e. The molecule has 0 saturated carbocycles. The highest BCUT2D eigenvalue weighted by Gasteiger charge is 2.12. The second-order valence-electron chi connectivity index (χ2n) is 7.53. The molecule has 0 fully saturated rings. The molecule has 0 amide bonds. The number of ether oxygens (including phenoxy) is 2. The zero-order valence-corrected chi connectivity index (χ0v) is 17.4. The highest BCUT2D eigenvalue weighted by Crippen LogP contribution is 2.26. The Kier molecular flexibility index (Phi) is 7.18. The van der Waals surface area contributed by atoms with Gasteiger partial charge in [0.05, 0.1) is 37.0 Å². The molecule has 1 heterocycles. The van der Waals surface area contributed by atoms with Crippen molar-refractivity contribution in [1.29, 1.82) is 0 Å². The number of imidazole rings is 1. The average molecular weight is 388 g/mol. The lowest BCUT2D eigenvalue weighted by Gasteiger charge is -2.19. The van der Waals surface area contributed by atoms with Crippen molar-refractivity contribution in [3.8, 4) is 16.9 Å². The molecule has 0 saturated heterocycles. The zero-order chi connectivity index (χ0) is 19.4. The summed E-state index contributed by atoms with van der Waals surface area (Å²) in [6.07, 6.45) is 0. The lowest BCUT2D eigenvalue weighted by molar-refractivity contribution is -0.0141. The van der Waals surface area contributed by atoms with Gasteiger partial charge >= 0.3 is 0 Å². The molecule has 0 radical (unpaired) electrons. The van der Waals surface area contributed by atoms with E-state index < -0.39 is 0 Å². The molecule has 3 N–H and O–H groups in total. The highest BCUT2D eigenvalue weighted by molar-refractivity contribution is 5.82. The van der Waals surface area contributed by atoms with Crippen LogP contribution >= 0.6 is 0 Å². The summed E-state index contributed by atoms with van der Waals surface area (Å²) >= 11 is 0. The molecule has 154 valence electrons. The normalized spacial score (nSPS) is 11.5. The number of benzene rings is 2. The fourth-order valence-corrected chi connectivity index (χ4v) is 3.06. The van der Waals surface area contributed by atoms with Crippen LogP contribution in [0.3, 0.4) is 0 Å². The van der Waals surface area contributed by atoms with Crippen LogP contribution in [-0.4, -0.2) is 34.5 Å². The van der Waals surface area contributed by atoms with Gasteiger partial charge in [0, 0.05) is 7.97 Å². The van der Waals surface area contributed by atoms with Crippen molar-refractivity contribution in [1.82, 2.24) is 14.9 Å². The minimum Gasteiger partial charge on any atom is -0.497 e. The molecule has 0 bridgehead atoms. The van der Waals surface area contributed by atoms with E-state index in [-0.39, 0.29) is 12.5 Å². The minimum absolute atomic E-state index is 0. The summed E-state index contributed by atoms with van der Waals surface area (Å²) in [6, 6.07) is 14.6. The zero-order valence-electron chi connectivity index (χ0n) is 17.4. The first kappa shape index (κ1) is 21.9. The summed E-state index contributed by atoms with van der Waals surface area (Å²) in [5.74, 6) is 1.89. The van der Waals surface area contributed by atoms with Crippen LogP contribution in [0, 0.1) is 0 Å². The number of rotatable bonds is 7. The molecule has 28 heavy (non-hydrogen) atoms. The van der Waals surface area contributed by atoms with E-state index in [2.05, 4.69) is 67.9 Å².